The van der Waals surface area contributed by atoms with Crippen molar-refractivity contribution >= 4 is 0 Å². The van der Waals surface area contributed by atoms with Gasteiger partial charge in [-0.25, -0.2) is 0 Å². The highest BCUT2D eigenvalue weighted by molar-refractivity contribution is 5.17. The second-order valence-electron chi connectivity index (χ2n) is 4.37. The minimum atomic E-state index is 0.935. The van der Waals surface area contributed by atoms with E-state index in [1.807, 2.05) is 0 Å². The van der Waals surface area contributed by atoms with Gasteiger partial charge in [0.1, 0.15) is 0 Å². The van der Waals surface area contributed by atoms with Crippen molar-refractivity contribution in [3.63, 3.8) is 0 Å². The first kappa shape index (κ1) is 4.76. The van der Waals surface area contributed by atoms with E-state index in [4.69, 9.17) is 0 Å². The standard InChI is InChI=1S/C9H14/c1-6-7-2-4-9(6)5-3-8(7)9/h6-8H,2-5H2,1H3. The van der Waals surface area contributed by atoms with E-state index < -0.39 is 0 Å². The summed E-state index contributed by atoms with van der Waals surface area (Å²) in [6.45, 7) is 2.48. The molecule has 0 radical (unpaired) electrons. The quantitative estimate of drug-likeness (QED) is 0.463. The van der Waals surface area contributed by atoms with E-state index in [1.165, 1.54) is 11.8 Å². The van der Waals surface area contributed by atoms with Crippen molar-refractivity contribution < 1.29 is 0 Å². The number of fused-ring (bicyclic) bond motifs is 1. The molecule has 2 bridgehead atoms. The molecule has 0 aromatic heterocycles. The van der Waals surface area contributed by atoms with Gasteiger partial charge in [-0.2, -0.15) is 0 Å². The summed E-state index contributed by atoms with van der Waals surface area (Å²) >= 11 is 0. The zero-order valence-corrected chi connectivity index (χ0v) is 6.06. The first-order valence-corrected chi connectivity index (χ1v) is 4.34. The van der Waals surface area contributed by atoms with E-state index in [1.54, 1.807) is 25.7 Å². The molecule has 4 saturated carbocycles. The predicted molar refractivity (Wildman–Crippen MR) is 37.0 cm³/mol. The van der Waals surface area contributed by atoms with Crippen LogP contribution in [0.2, 0.25) is 0 Å². The lowest BCUT2D eigenvalue weighted by molar-refractivity contribution is -0.134. The largest absolute Gasteiger partial charge is 0.0617 e. The lowest BCUT2D eigenvalue weighted by Crippen LogP contribution is -2.55. The van der Waals surface area contributed by atoms with Crippen LogP contribution in [0.15, 0.2) is 0 Å². The van der Waals surface area contributed by atoms with Crippen LogP contribution in [0.1, 0.15) is 32.6 Å². The molecule has 0 aromatic carbocycles. The van der Waals surface area contributed by atoms with Gasteiger partial charge >= 0.3 is 0 Å². The third-order valence-corrected chi connectivity index (χ3v) is 4.67. The van der Waals surface area contributed by atoms with E-state index in [2.05, 4.69) is 6.92 Å². The molecule has 4 aliphatic rings. The van der Waals surface area contributed by atoms with E-state index in [-0.39, 0.29) is 0 Å². The molecule has 4 aliphatic carbocycles. The van der Waals surface area contributed by atoms with Crippen molar-refractivity contribution in [2.45, 2.75) is 32.6 Å². The van der Waals surface area contributed by atoms with Gasteiger partial charge < -0.3 is 0 Å². The Balaban J connectivity index is 2.04. The highest BCUT2D eigenvalue weighted by Gasteiger charge is 2.68. The summed E-state index contributed by atoms with van der Waals surface area (Å²) in [7, 11) is 0. The first-order chi connectivity index (χ1) is 4.34. The maximum Gasteiger partial charge on any atom is -0.0238 e. The fourth-order valence-corrected chi connectivity index (χ4v) is 3.97. The third-order valence-electron chi connectivity index (χ3n) is 4.67. The summed E-state index contributed by atoms with van der Waals surface area (Å²) in [5.41, 5.74) is 0.935. The minimum absolute atomic E-state index is 0.935. The van der Waals surface area contributed by atoms with E-state index in [0.29, 0.717) is 0 Å². The Morgan fingerprint density at radius 1 is 1.22 bits per heavy atom. The average Bonchev–Trinajstić information content (AvgIpc) is 2.22. The second kappa shape index (κ2) is 1.09. The lowest BCUT2D eigenvalue weighted by atomic mass is 9.43. The van der Waals surface area contributed by atoms with Crippen LogP contribution in [0.3, 0.4) is 0 Å². The molecule has 0 saturated heterocycles. The molecular weight excluding hydrogens is 108 g/mol. The summed E-state index contributed by atoms with van der Waals surface area (Å²) in [5, 5.41) is 0. The highest BCUT2D eigenvalue weighted by Crippen LogP contribution is 2.76. The minimum Gasteiger partial charge on any atom is -0.0617 e. The summed E-state index contributed by atoms with van der Waals surface area (Å²) in [4.78, 5) is 0. The molecule has 9 heavy (non-hydrogen) atoms. The Hall–Kier alpha value is 0. The van der Waals surface area contributed by atoms with Gasteiger partial charge in [0.05, 0.1) is 0 Å². The van der Waals surface area contributed by atoms with Crippen molar-refractivity contribution in [3.05, 3.63) is 0 Å². The average molecular weight is 122 g/mol. The Bertz CT molecular complexity index is 153. The molecule has 0 amide bonds. The third kappa shape index (κ3) is 0.281. The van der Waals surface area contributed by atoms with Crippen LogP contribution < -0.4 is 0 Å². The Morgan fingerprint density at radius 2 is 2.00 bits per heavy atom. The van der Waals surface area contributed by atoms with Crippen LogP contribution in [0.5, 0.6) is 0 Å². The maximum absolute atomic E-state index is 2.48. The van der Waals surface area contributed by atoms with Crippen molar-refractivity contribution in [1.29, 1.82) is 0 Å². The molecule has 4 unspecified atom stereocenters. The zero-order valence-electron chi connectivity index (χ0n) is 6.06. The van der Waals surface area contributed by atoms with Gasteiger partial charge in [0.15, 0.2) is 0 Å². The van der Waals surface area contributed by atoms with E-state index in [0.717, 1.165) is 11.3 Å². The number of hydrogen-bond acceptors (Lipinski definition) is 0. The predicted octanol–water partition coefficient (Wildman–Crippen LogP) is 2.44. The van der Waals surface area contributed by atoms with Crippen molar-refractivity contribution in [1.82, 2.24) is 0 Å². The van der Waals surface area contributed by atoms with Crippen molar-refractivity contribution in [2.24, 2.45) is 23.2 Å². The summed E-state index contributed by atoms with van der Waals surface area (Å²) in [6, 6.07) is 0. The molecular formula is C9H14. The molecule has 0 aromatic rings. The van der Waals surface area contributed by atoms with Crippen LogP contribution in [0, 0.1) is 23.2 Å². The normalized spacial score (nSPS) is 68.3. The Kier molecular flexibility index (Phi) is 0.574. The van der Waals surface area contributed by atoms with Crippen LogP contribution in [0.4, 0.5) is 0 Å². The number of hydrogen-bond donors (Lipinski definition) is 0. The smallest absolute Gasteiger partial charge is 0.0238 e. The fraction of sp³-hybridized carbons (Fsp3) is 1.00. The van der Waals surface area contributed by atoms with Crippen LogP contribution in [-0.2, 0) is 0 Å². The molecule has 4 atom stereocenters. The summed E-state index contributed by atoms with van der Waals surface area (Å²) < 4.78 is 0. The number of rotatable bonds is 0. The molecule has 4 rings (SSSR count). The molecule has 1 spiro atoms. The molecule has 0 heteroatoms. The zero-order chi connectivity index (χ0) is 6.06. The Labute approximate surface area is 56.6 Å². The SMILES string of the molecule is CC1C2CCC13CCC23. The van der Waals surface area contributed by atoms with Crippen molar-refractivity contribution in [2.75, 3.05) is 0 Å². The van der Waals surface area contributed by atoms with E-state index in [9.17, 15) is 0 Å². The van der Waals surface area contributed by atoms with Gasteiger partial charge in [0.25, 0.3) is 0 Å². The molecule has 0 heterocycles. The summed E-state index contributed by atoms with van der Waals surface area (Å²) in [6.07, 6.45) is 6.32. The maximum atomic E-state index is 2.48. The van der Waals surface area contributed by atoms with Crippen LogP contribution in [-0.4, -0.2) is 0 Å². The topological polar surface area (TPSA) is 0 Å². The van der Waals surface area contributed by atoms with Gasteiger partial charge in [-0.15, -0.1) is 0 Å². The van der Waals surface area contributed by atoms with Crippen molar-refractivity contribution in [3.8, 4) is 0 Å². The monoisotopic (exact) mass is 122 g/mol. The van der Waals surface area contributed by atoms with Gasteiger partial charge in [0, 0.05) is 0 Å². The second-order valence-corrected chi connectivity index (χ2v) is 4.37. The molecule has 0 nitrogen and oxygen atoms in total. The van der Waals surface area contributed by atoms with Crippen LogP contribution in [0.25, 0.3) is 0 Å². The molecule has 50 valence electrons. The molecule has 0 aliphatic heterocycles. The van der Waals surface area contributed by atoms with Gasteiger partial charge in [-0.05, 0) is 48.9 Å². The fourth-order valence-electron chi connectivity index (χ4n) is 3.97. The van der Waals surface area contributed by atoms with Crippen LogP contribution >= 0.6 is 0 Å². The lowest BCUT2D eigenvalue weighted by Gasteiger charge is -2.62. The van der Waals surface area contributed by atoms with Gasteiger partial charge in [0.2, 0.25) is 0 Å². The van der Waals surface area contributed by atoms with Gasteiger partial charge in [-0.3, -0.25) is 0 Å². The first-order valence-electron chi connectivity index (χ1n) is 4.34. The Morgan fingerprint density at radius 3 is 2.22 bits per heavy atom. The molecule has 4 fully saturated rings. The molecule has 0 N–H and O–H groups in total. The van der Waals surface area contributed by atoms with E-state index >= 15 is 0 Å². The summed E-state index contributed by atoms with van der Waals surface area (Å²) in [5.74, 6) is 3.52. The van der Waals surface area contributed by atoms with Gasteiger partial charge in [-0.1, -0.05) is 6.92 Å². The highest BCUT2D eigenvalue weighted by atomic mass is 14.7.